The van der Waals surface area contributed by atoms with E-state index in [0.717, 1.165) is 37.9 Å². The fourth-order valence-corrected chi connectivity index (χ4v) is 3.59. The SMILES string of the molecule is Cc1cc(NC(=O)C(=O)N(Cc2ccc(C(F)(F)F)cn2)CC2CCCC2)cnc1N. The number of nitrogens with two attached hydrogens (primary N) is 1. The largest absolute Gasteiger partial charge is 0.417 e. The van der Waals surface area contributed by atoms with Crippen LogP contribution in [0.5, 0.6) is 0 Å². The number of amides is 2. The molecule has 0 aliphatic heterocycles. The molecule has 0 saturated heterocycles. The van der Waals surface area contributed by atoms with Gasteiger partial charge in [0.1, 0.15) is 5.82 Å². The Bertz CT molecular complexity index is 941. The van der Waals surface area contributed by atoms with Crippen LogP contribution in [0.15, 0.2) is 30.6 Å². The second kappa shape index (κ2) is 9.32. The highest BCUT2D eigenvalue weighted by atomic mass is 19.4. The average Bonchev–Trinajstić information content (AvgIpc) is 3.22. The molecule has 0 bridgehead atoms. The predicted octanol–water partition coefficient (Wildman–Crippen LogP) is 3.54. The van der Waals surface area contributed by atoms with Crippen LogP contribution < -0.4 is 11.1 Å². The second-order valence-corrected chi connectivity index (χ2v) is 7.75. The van der Waals surface area contributed by atoms with E-state index in [2.05, 4.69) is 15.3 Å². The number of halogens is 3. The van der Waals surface area contributed by atoms with E-state index < -0.39 is 23.6 Å². The fraction of sp³-hybridized carbons (Fsp3) is 0.429. The van der Waals surface area contributed by atoms with E-state index in [-0.39, 0.29) is 18.2 Å². The number of aromatic nitrogens is 2. The van der Waals surface area contributed by atoms with Gasteiger partial charge in [-0.2, -0.15) is 13.2 Å². The maximum absolute atomic E-state index is 12.9. The molecule has 1 saturated carbocycles. The predicted molar refractivity (Wildman–Crippen MR) is 109 cm³/mol. The maximum atomic E-state index is 12.9. The lowest BCUT2D eigenvalue weighted by Crippen LogP contribution is -2.41. The van der Waals surface area contributed by atoms with Crippen LogP contribution in [-0.4, -0.2) is 33.2 Å². The molecular weight excluding hydrogens is 411 g/mol. The molecule has 31 heavy (non-hydrogen) atoms. The van der Waals surface area contributed by atoms with E-state index in [9.17, 15) is 22.8 Å². The van der Waals surface area contributed by atoms with Gasteiger partial charge in [-0.3, -0.25) is 14.6 Å². The van der Waals surface area contributed by atoms with Gasteiger partial charge >= 0.3 is 18.0 Å². The van der Waals surface area contributed by atoms with Crippen LogP contribution in [-0.2, 0) is 22.3 Å². The van der Waals surface area contributed by atoms with Crippen molar-refractivity contribution in [3.8, 4) is 0 Å². The van der Waals surface area contributed by atoms with Crippen molar-refractivity contribution in [2.45, 2.75) is 45.3 Å². The van der Waals surface area contributed by atoms with Crippen LogP contribution in [0.1, 0.15) is 42.5 Å². The molecule has 0 radical (unpaired) electrons. The van der Waals surface area contributed by atoms with Crippen molar-refractivity contribution in [1.29, 1.82) is 0 Å². The van der Waals surface area contributed by atoms with Gasteiger partial charge in [-0.05, 0) is 49.4 Å². The zero-order chi connectivity index (χ0) is 22.6. The number of nitrogens with zero attached hydrogens (tertiary/aromatic N) is 3. The first-order valence-electron chi connectivity index (χ1n) is 9.98. The molecule has 1 aliphatic rings. The topological polar surface area (TPSA) is 101 Å². The number of nitrogen functional groups attached to an aromatic ring is 1. The molecular formula is C21H24F3N5O2. The van der Waals surface area contributed by atoms with E-state index in [1.807, 2.05) is 0 Å². The highest BCUT2D eigenvalue weighted by molar-refractivity contribution is 6.39. The van der Waals surface area contributed by atoms with Gasteiger partial charge in [-0.25, -0.2) is 4.98 Å². The summed E-state index contributed by atoms with van der Waals surface area (Å²) in [7, 11) is 0. The van der Waals surface area contributed by atoms with Crippen molar-refractivity contribution in [2.24, 2.45) is 5.92 Å². The first kappa shape index (κ1) is 22.5. The molecule has 7 nitrogen and oxygen atoms in total. The van der Waals surface area contributed by atoms with Crippen molar-refractivity contribution in [2.75, 3.05) is 17.6 Å². The number of rotatable bonds is 5. The molecule has 10 heteroatoms. The molecule has 3 rings (SSSR count). The number of pyridine rings is 2. The summed E-state index contributed by atoms with van der Waals surface area (Å²) in [6.45, 7) is 2.01. The molecule has 0 spiro atoms. The Hall–Kier alpha value is -3.17. The van der Waals surface area contributed by atoms with Crippen molar-refractivity contribution in [1.82, 2.24) is 14.9 Å². The normalized spacial score (nSPS) is 14.5. The number of carbonyl (C=O) groups excluding carboxylic acids is 2. The summed E-state index contributed by atoms with van der Waals surface area (Å²) in [5.74, 6) is -1.06. The molecule has 1 aliphatic carbocycles. The van der Waals surface area contributed by atoms with Gasteiger partial charge in [-0.1, -0.05) is 12.8 Å². The van der Waals surface area contributed by atoms with Crippen LogP contribution in [0, 0.1) is 12.8 Å². The van der Waals surface area contributed by atoms with Crippen LogP contribution in [0.25, 0.3) is 0 Å². The molecule has 0 unspecified atom stereocenters. The maximum Gasteiger partial charge on any atom is 0.417 e. The van der Waals surface area contributed by atoms with Crippen molar-refractivity contribution < 1.29 is 22.8 Å². The smallest absolute Gasteiger partial charge is 0.383 e. The third kappa shape index (κ3) is 5.93. The van der Waals surface area contributed by atoms with Crippen molar-refractivity contribution in [3.05, 3.63) is 47.4 Å². The summed E-state index contributed by atoms with van der Waals surface area (Å²) < 4.78 is 38.3. The van der Waals surface area contributed by atoms with E-state index in [4.69, 9.17) is 5.73 Å². The number of alkyl halides is 3. The first-order valence-corrected chi connectivity index (χ1v) is 9.98. The Labute approximate surface area is 177 Å². The molecule has 2 aromatic heterocycles. The molecule has 0 atom stereocenters. The van der Waals surface area contributed by atoms with E-state index in [0.29, 0.717) is 23.6 Å². The van der Waals surface area contributed by atoms with Crippen LogP contribution in [0.2, 0.25) is 0 Å². The second-order valence-electron chi connectivity index (χ2n) is 7.75. The van der Waals surface area contributed by atoms with Gasteiger partial charge in [0.15, 0.2) is 0 Å². The lowest BCUT2D eigenvalue weighted by Gasteiger charge is -2.25. The van der Waals surface area contributed by atoms with Gasteiger partial charge in [0, 0.05) is 12.7 Å². The zero-order valence-electron chi connectivity index (χ0n) is 17.1. The van der Waals surface area contributed by atoms with E-state index in [1.54, 1.807) is 13.0 Å². The summed E-state index contributed by atoms with van der Waals surface area (Å²) in [5.41, 5.74) is 6.06. The molecule has 2 aromatic rings. The third-order valence-electron chi connectivity index (χ3n) is 5.32. The minimum Gasteiger partial charge on any atom is -0.383 e. The highest BCUT2D eigenvalue weighted by Gasteiger charge is 2.31. The first-order chi connectivity index (χ1) is 14.6. The van der Waals surface area contributed by atoms with Gasteiger partial charge in [-0.15, -0.1) is 0 Å². The number of aryl methyl sites for hydroxylation is 1. The summed E-state index contributed by atoms with van der Waals surface area (Å²) >= 11 is 0. The molecule has 1 fully saturated rings. The number of hydrogen-bond donors (Lipinski definition) is 2. The summed E-state index contributed by atoms with van der Waals surface area (Å²) in [6.07, 6.45) is 1.57. The van der Waals surface area contributed by atoms with Gasteiger partial charge in [0.05, 0.1) is 29.7 Å². The molecule has 2 heterocycles. The third-order valence-corrected chi connectivity index (χ3v) is 5.32. The van der Waals surface area contributed by atoms with E-state index in [1.165, 1.54) is 17.2 Å². The number of hydrogen-bond acceptors (Lipinski definition) is 5. The fourth-order valence-electron chi connectivity index (χ4n) is 3.59. The Morgan fingerprint density at radius 1 is 1.19 bits per heavy atom. The lowest BCUT2D eigenvalue weighted by molar-refractivity contribution is -0.144. The Morgan fingerprint density at radius 3 is 2.48 bits per heavy atom. The van der Waals surface area contributed by atoms with Crippen LogP contribution in [0.3, 0.4) is 0 Å². The molecule has 0 aromatic carbocycles. The Balaban J connectivity index is 1.74. The Kier molecular flexibility index (Phi) is 6.77. The van der Waals surface area contributed by atoms with Crippen molar-refractivity contribution >= 4 is 23.3 Å². The minimum atomic E-state index is -4.49. The zero-order valence-corrected chi connectivity index (χ0v) is 17.1. The summed E-state index contributed by atoms with van der Waals surface area (Å²) in [5, 5.41) is 2.51. The molecule has 166 valence electrons. The molecule has 2 amide bonds. The summed E-state index contributed by atoms with van der Waals surface area (Å²) in [6, 6.07) is 3.75. The van der Waals surface area contributed by atoms with Gasteiger partial charge in [0.25, 0.3) is 0 Å². The van der Waals surface area contributed by atoms with Crippen LogP contribution in [0.4, 0.5) is 24.7 Å². The monoisotopic (exact) mass is 435 g/mol. The Morgan fingerprint density at radius 2 is 1.90 bits per heavy atom. The van der Waals surface area contributed by atoms with E-state index >= 15 is 0 Å². The number of nitrogens with one attached hydrogen (secondary N) is 1. The average molecular weight is 435 g/mol. The highest BCUT2D eigenvalue weighted by Crippen LogP contribution is 2.29. The quantitative estimate of drug-likeness (QED) is 0.700. The minimum absolute atomic E-state index is 0.0556. The lowest BCUT2D eigenvalue weighted by atomic mass is 10.1. The number of anilines is 2. The summed E-state index contributed by atoms with van der Waals surface area (Å²) in [4.78, 5) is 34.6. The van der Waals surface area contributed by atoms with Crippen molar-refractivity contribution in [3.63, 3.8) is 0 Å². The molecule has 3 N–H and O–H groups in total. The van der Waals surface area contributed by atoms with Gasteiger partial charge < -0.3 is 16.0 Å². The van der Waals surface area contributed by atoms with Gasteiger partial charge in [0.2, 0.25) is 0 Å². The number of carbonyl (C=O) groups is 2. The van der Waals surface area contributed by atoms with Crippen LogP contribution >= 0.6 is 0 Å². The standard InChI is InChI=1S/C21H24F3N5O2/c1-13-8-17(10-27-18(13)25)28-19(30)20(31)29(11-14-4-2-3-5-14)12-16-7-6-15(9-26-16)21(22,23)24/h6-10,14H,2-5,11-12H2,1H3,(H2,25,27)(H,28,30).